The maximum atomic E-state index is 8.58. The zero-order chi connectivity index (χ0) is 7.68. The number of fused-ring (bicyclic) bond motifs is 1. The van der Waals surface area contributed by atoms with Crippen LogP contribution in [0.2, 0.25) is 0 Å². The highest BCUT2D eigenvalue weighted by molar-refractivity contribution is 14.2. The summed E-state index contributed by atoms with van der Waals surface area (Å²) < 4.78 is 5.29. The highest BCUT2D eigenvalue weighted by Gasteiger charge is 2.05. The van der Waals surface area contributed by atoms with Crippen molar-refractivity contribution in [2.45, 2.75) is 0 Å². The van der Waals surface area contributed by atoms with E-state index in [1.54, 1.807) is 6.07 Å². The average Bonchev–Trinajstić information content (AvgIpc) is 2.50. The van der Waals surface area contributed by atoms with Crippen molar-refractivity contribution in [3.05, 3.63) is 27.3 Å². The molecule has 0 bridgehead atoms. The lowest BCUT2D eigenvalue weighted by molar-refractivity contribution is 1.39. The molecule has 0 atom stereocenters. The molecule has 4 heteroatoms. The van der Waals surface area contributed by atoms with Gasteiger partial charge in [0.25, 0.3) is 0 Å². The van der Waals surface area contributed by atoms with E-state index in [4.69, 9.17) is 5.26 Å². The van der Waals surface area contributed by atoms with E-state index in [2.05, 4.69) is 14.7 Å². The van der Waals surface area contributed by atoms with Crippen LogP contribution < -0.4 is 5.43 Å². The highest BCUT2D eigenvalue weighted by Crippen LogP contribution is 2.29. The molecular weight excluding hydrogens is 253 g/mol. The topological polar surface area (TPSA) is 48.2 Å². The number of hydrogen-bond donors (Lipinski definition) is 1. The van der Waals surface area contributed by atoms with Gasteiger partial charge >= 0.3 is 0 Å². The van der Waals surface area contributed by atoms with Crippen molar-refractivity contribution < 1.29 is 0 Å². The largest absolute Gasteiger partial charge is 0.272 e. The van der Waals surface area contributed by atoms with E-state index in [0.717, 1.165) is 11.3 Å². The predicted octanol–water partition coefficient (Wildman–Crippen LogP) is 2.22. The van der Waals surface area contributed by atoms with E-state index >= 15 is 0 Å². The molecular formula is C7H4IN3. The first-order chi connectivity index (χ1) is 5.40. The van der Waals surface area contributed by atoms with Crippen molar-refractivity contribution >= 4 is 26.7 Å². The molecule has 0 aromatic heterocycles. The fourth-order valence-electron chi connectivity index (χ4n) is 0.857. The van der Waals surface area contributed by atoms with E-state index < -0.39 is 0 Å². The van der Waals surface area contributed by atoms with Crippen molar-refractivity contribution in [3.63, 3.8) is 0 Å². The molecule has 0 saturated heterocycles. The first-order valence-corrected chi connectivity index (χ1v) is 5.09. The average molecular weight is 257 g/mol. The first kappa shape index (κ1) is 6.73. The third-order valence-electron chi connectivity index (χ3n) is 1.39. The highest BCUT2D eigenvalue weighted by atomic mass is 127. The van der Waals surface area contributed by atoms with Crippen LogP contribution >= 0.6 is 21.0 Å². The fraction of sp³-hybridized carbons (Fsp3) is 0. The second-order valence-corrected chi connectivity index (χ2v) is 4.21. The Balaban J connectivity index is 2.58. The van der Waals surface area contributed by atoms with Gasteiger partial charge in [0.15, 0.2) is 0 Å². The summed E-state index contributed by atoms with van der Waals surface area (Å²) in [4.78, 5) is 0. The monoisotopic (exact) mass is 257 g/mol. The summed E-state index contributed by atoms with van der Waals surface area (Å²) in [6.45, 7) is 0. The van der Waals surface area contributed by atoms with E-state index in [0.29, 0.717) is 0 Å². The van der Waals surface area contributed by atoms with Crippen LogP contribution in [-0.4, -0.2) is 0 Å². The quantitative estimate of drug-likeness (QED) is 0.724. The SMILES string of the molecule is N#Cc1ccc2c(c1)I=NN2. The van der Waals surface area contributed by atoms with Gasteiger partial charge in [0, 0.05) is 0 Å². The lowest BCUT2D eigenvalue weighted by Crippen LogP contribution is -1.84. The van der Waals surface area contributed by atoms with Gasteiger partial charge in [0.1, 0.15) is 0 Å². The molecule has 1 N–H and O–H groups in total. The van der Waals surface area contributed by atoms with Gasteiger partial charge in [-0.15, -0.1) is 3.25 Å². The van der Waals surface area contributed by atoms with Crippen molar-refractivity contribution in [1.82, 2.24) is 0 Å². The van der Waals surface area contributed by atoms with Gasteiger partial charge in [-0.25, -0.2) is 0 Å². The summed E-state index contributed by atoms with van der Waals surface area (Å²) in [5.41, 5.74) is 4.71. The Labute approximate surface area is 74.2 Å². The molecule has 1 aliphatic rings. The van der Waals surface area contributed by atoms with E-state index in [-0.39, 0.29) is 21.0 Å². The number of anilines is 1. The molecule has 0 unspecified atom stereocenters. The van der Waals surface area contributed by atoms with Crippen LogP contribution in [0.3, 0.4) is 0 Å². The van der Waals surface area contributed by atoms with Crippen LogP contribution in [-0.2, 0) is 0 Å². The fourth-order valence-corrected chi connectivity index (χ4v) is 2.53. The number of benzene rings is 1. The Kier molecular flexibility index (Phi) is 1.58. The Morgan fingerprint density at radius 2 is 2.45 bits per heavy atom. The Bertz CT molecular complexity index is 364. The molecule has 1 aromatic carbocycles. The summed E-state index contributed by atoms with van der Waals surface area (Å²) in [5.74, 6) is 0. The van der Waals surface area contributed by atoms with Crippen LogP contribution in [0.1, 0.15) is 5.56 Å². The van der Waals surface area contributed by atoms with Crippen LogP contribution in [0.5, 0.6) is 0 Å². The molecule has 3 nitrogen and oxygen atoms in total. The van der Waals surface area contributed by atoms with Gasteiger partial charge < -0.3 is 0 Å². The van der Waals surface area contributed by atoms with Gasteiger partial charge in [-0.3, -0.25) is 5.43 Å². The number of nitriles is 1. The molecule has 54 valence electrons. The van der Waals surface area contributed by atoms with Crippen LogP contribution in [0.15, 0.2) is 21.5 Å². The van der Waals surface area contributed by atoms with Crippen molar-refractivity contribution in [1.29, 1.82) is 5.26 Å². The first-order valence-electron chi connectivity index (χ1n) is 3.04. The third-order valence-corrected chi connectivity index (χ3v) is 3.29. The second kappa shape index (κ2) is 2.58. The molecule has 0 fully saturated rings. The molecule has 1 heterocycles. The minimum absolute atomic E-state index is 0.238. The second-order valence-electron chi connectivity index (χ2n) is 2.09. The molecule has 0 spiro atoms. The molecule has 0 radical (unpaired) electrons. The third kappa shape index (κ3) is 1.12. The molecule has 11 heavy (non-hydrogen) atoms. The molecule has 2 rings (SSSR count). The summed E-state index contributed by atoms with van der Waals surface area (Å²) in [7, 11) is 0. The van der Waals surface area contributed by atoms with Gasteiger partial charge in [-0.2, -0.15) is 5.26 Å². The minimum atomic E-state index is -0.238. The zero-order valence-electron chi connectivity index (χ0n) is 5.50. The van der Waals surface area contributed by atoms with Crippen molar-refractivity contribution in [2.24, 2.45) is 3.25 Å². The normalized spacial score (nSPS) is 12.6. The Hall–Kier alpha value is -0.960. The maximum absolute atomic E-state index is 8.58. The van der Waals surface area contributed by atoms with Gasteiger partial charge in [0.2, 0.25) is 0 Å². The summed E-state index contributed by atoms with van der Waals surface area (Å²) >= 11 is -0.238. The Morgan fingerprint density at radius 3 is 3.27 bits per heavy atom. The smallest absolute Gasteiger partial charge is 0.0992 e. The van der Waals surface area contributed by atoms with Gasteiger partial charge in [0.05, 0.1) is 41.9 Å². The van der Waals surface area contributed by atoms with E-state index in [1.807, 2.05) is 12.1 Å². The zero-order valence-corrected chi connectivity index (χ0v) is 7.66. The molecule has 1 aliphatic heterocycles. The lowest BCUT2D eigenvalue weighted by atomic mass is 10.2. The lowest BCUT2D eigenvalue weighted by Gasteiger charge is -1.94. The number of nitrogens with one attached hydrogen (secondary N) is 1. The number of halogens is 1. The summed E-state index contributed by atoms with van der Waals surface area (Å²) in [6, 6.07) is 7.72. The van der Waals surface area contributed by atoms with Crippen LogP contribution in [0.4, 0.5) is 5.69 Å². The minimum Gasteiger partial charge on any atom is -0.272 e. The number of hydrogen-bond acceptors (Lipinski definition) is 3. The number of nitrogens with zero attached hydrogens (tertiary/aromatic N) is 2. The summed E-state index contributed by atoms with van der Waals surface area (Å²) in [6.07, 6.45) is 0. The molecule has 0 saturated carbocycles. The predicted molar refractivity (Wildman–Crippen MR) is 49.9 cm³/mol. The Morgan fingerprint density at radius 1 is 1.55 bits per heavy atom. The van der Waals surface area contributed by atoms with Crippen LogP contribution in [0.25, 0.3) is 0 Å². The van der Waals surface area contributed by atoms with E-state index in [9.17, 15) is 0 Å². The molecule has 0 amide bonds. The van der Waals surface area contributed by atoms with Gasteiger partial charge in [-0.1, -0.05) is 0 Å². The van der Waals surface area contributed by atoms with Gasteiger partial charge in [-0.05, 0) is 18.2 Å². The van der Waals surface area contributed by atoms with E-state index in [1.165, 1.54) is 3.57 Å². The maximum Gasteiger partial charge on any atom is 0.0992 e. The number of rotatable bonds is 0. The standard InChI is InChI=1S/C7H4IN3/c9-4-5-1-2-7-6(3-5)8-11-10-7/h1-3,10H. The van der Waals surface area contributed by atoms with Crippen molar-refractivity contribution in [2.75, 3.05) is 5.43 Å². The molecule has 0 aliphatic carbocycles. The van der Waals surface area contributed by atoms with Crippen LogP contribution in [0, 0.1) is 14.9 Å². The van der Waals surface area contributed by atoms with Crippen molar-refractivity contribution in [3.8, 4) is 6.07 Å². The molecule has 1 aromatic rings. The summed E-state index contributed by atoms with van der Waals surface area (Å²) in [5, 5.41) is 8.58.